The Labute approximate surface area is 164 Å². The first-order chi connectivity index (χ1) is 13.3. The highest BCUT2D eigenvalue weighted by Crippen LogP contribution is 2.24. The third-order valence-corrected chi connectivity index (χ3v) is 4.18. The van der Waals surface area contributed by atoms with E-state index < -0.39 is 12.0 Å². The van der Waals surface area contributed by atoms with Crippen molar-refractivity contribution in [3.05, 3.63) is 41.2 Å². The molecule has 0 saturated heterocycles. The van der Waals surface area contributed by atoms with Gasteiger partial charge in [-0.3, -0.25) is 4.79 Å². The lowest BCUT2D eigenvalue weighted by atomic mass is 10.1. The van der Waals surface area contributed by atoms with Crippen LogP contribution in [0.15, 0.2) is 24.3 Å². The summed E-state index contributed by atoms with van der Waals surface area (Å²) in [6, 6.07) is 7.45. The lowest BCUT2D eigenvalue weighted by Crippen LogP contribution is -2.24. The minimum Gasteiger partial charge on any atom is -0.449 e. The van der Waals surface area contributed by atoms with Crippen molar-refractivity contribution >= 4 is 29.3 Å². The molecule has 1 aromatic heterocycles. The van der Waals surface area contributed by atoms with Gasteiger partial charge in [0, 0.05) is 25.7 Å². The van der Waals surface area contributed by atoms with E-state index in [4.69, 9.17) is 16.2 Å². The zero-order chi connectivity index (χ0) is 20.7. The molecule has 2 rings (SSSR count). The second-order valence-corrected chi connectivity index (χ2v) is 6.17. The Kier molecular flexibility index (Phi) is 7.14. The van der Waals surface area contributed by atoms with Crippen molar-refractivity contribution in [2.45, 2.75) is 26.7 Å². The normalized spacial score (nSPS) is 10.4. The number of hydrogen-bond donors (Lipinski definition) is 3. The molecule has 0 radical (unpaired) electrons. The third kappa shape index (κ3) is 5.32. The molecule has 0 fully saturated rings. The number of carbonyl (C=O) groups excluding carboxylic acids is 2. The number of primary amides is 2. The summed E-state index contributed by atoms with van der Waals surface area (Å²) in [4.78, 5) is 33.6. The molecule has 0 saturated carbocycles. The molecule has 2 amide bonds. The average molecular weight is 386 g/mol. The van der Waals surface area contributed by atoms with E-state index in [1.165, 1.54) is 0 Å². The van der Waals surface area contributed by atoms with Crippen molar-refractivity contribution in [1.29, 1.82) is 0 Å². The molecule has 28 heavy (non-hydrogen) atoms. The zero-order valence-electron chi connectivity index (χ0n) is 16.4. The molecule has 9 heteroatoms. The monoisotopic (exact) mass is 386 g/mol. The van der Waals surface area contributed by atoms with Gasteiger partial charge in [-0.15, -0.1) is 0 Å². The van der Waals surface area contributed by atoms with E-state index in [1.807, 2.05) is 50.1 Å². The first kappa shape index (κ1) is 20.9. The molecule has 0 aliphatic carbocycles. The highest BCUT2D eigenvalue weighted by Gasteiger charge is 2.18. The van der Waals surface area contributed by atoms with Crippen LogP contribution in [0.3, 0.4) is 0 Å². The first-order valence-electron chi connectivity index (χ1n) is 9.05. The van der Waals surface area contributed by atoms with Crippen LogP contribution in [0.5, 0.6) is 0 Å². The van der Waals surface area contributed by atoms with Crippen LogP contribution in [-0.2, 0) is 17.6 Å². The molecule has 0 aliphatic heterocycles. The van der Waals surface area contributed by atoms with Crippen molar-refractivity contribution in [2.75, 3.05) is 30.4 Å². The summed E-state index contributed by atoms with van der Waals surface area (Å²) in [7, 11) is 1.91. The maximum Gasteiger partial charge on any atom is 0.404 e. The number of nitrogens with one attached hydrogen (secondary N) is 1. The number of anilines is 3. The van der Waals surface area contributed by atoms with Crippen LogP contribution >= 0.6 is 0 Å². The summed E-state index contributed by atoms with van der Waals surface area (Å²) in [6.45, 7) is 4.88. The van der Waals surface area contributed by atoms with E-state index >= 15 is 0 Å². The minimum atomic E-state index is -0.806. The molecular weight excluding hydrogens is 360 g/mol. The Morgan fingerprint density at radius 2 is 1.96 bits per heavy atom. The lowest BCUT2D eigenvalue weighted by Gasteiger charge is -2.21. The molecule has 1 aromatic carbocycles. The second kappa shape index (κ2) is 9.54. The molecule has 150 valence electrons. The molecule has 2 aromatic rings. The number of nitrogens with zero attached hydrogens (tertiary/aromatic N) is 3. The third-order valence-electron chi connectivity index (χ3n) is 4.18. The quantitative estimate of drug-likeness (QED) is 0.599. The van der Waals surface area contributed by atoms with E-state index in [0.29, 0.717) is 35.9 Å². The Hall–Kier alpha value is -3.36. The number of aryl methyl sites for hydroxylation is 1. The van der Waals surface area contributed by atoms with Gasteiger partial charge in [0.25, 0.3) is 5.91 Å². The fraction of sp³-hybridized carbons (Fsp3) is 0.368. The van der Waals surface area contributed by atoms with Gasteiger partial charge in [0.05, 0.1) is 12.3 Å². The van der Waals surface area contributed by atoms with Crippen molar-refractivity contribution in [1.82, 2.24) is 9.97 Å². The van der Waals surface area contributed by atoms with Crippen LogP contribution in [0, 0.1) is 0 Å². The first-order valence-corrected chi connectivity index (χ1v) is 9.05. The summed E-state index contributed by atoms with van der Waals surface area (Å²) in [5, 5.41) is 3.13. The summed E-state index contributed by atoms with van der Waals surface area (Å²) < 4.78 is 4.76. The Bertz CT molecular complexity index is 856. The molecule has 0 aliphatic rings. The Morgan fingerprint density at radius 1 is 1.21 bits per heavy atom. The summed E-state index contributed by atoms with van der Waals surface area (Å²) >= 11 is 0. The van der Waals surface area contributed by atoms with E-state index in [-0.39, 0.29) is 12.3 Å². The van der Waals surface area contributed by atoms with Crippen molar-refractivity contribution in [3.63, 3.8) is 0 Å². The Morgan fingerprint density at radius 3 is 2.57 bits per heavy atom. The number of nitrogens with two attached hydrogens (primary N) is 2. The molecule has 0 spiro atoms. The number of ether oxygens (including phenoxy) is 1. The topological polar surface area (TPSA) is 136 Å². The fourth-order valence-electron chi connectivity index (χ4n) is 2.62. The number of rotatable bonds is 9. The van der Waals surface area contributed by atoms with Gasteiger partial charge >= 0.3 is 6.09 Å². The number of aromatic nitrogens is 2. The van der Waals surface area contributed by atoms with Crippen molar-refractivity contribution < 1.29 is 14.3 Å². The molecular formula is C19H26N6O3. The predicted molar refractivity (Wildman–Crippen MR) is 108 cm³/mol. The Balaban J connectivity index is 2.34. The van der Waals surface area contributed by atoms with Gasteiger partial charge in [-0.25, -0.2) is 14.8 Å². The molecule has 0 bridgehead atoms. The highest BCUT2D eigenvalue weighted by atomic mass is 16.5. The zero-order valence-corrected chi connectivity index (χ0v) is 16.4. The number of hydrogen-bond acceptors (Lipinski definition) is 7. The van der Waals surface area contributed by atoms with Gasteiger partial charge in [0.2, 0.25) is 0 Å². The largest absolute Gasteiger partial charge is 0.449 e. The van der Waals surface area contributed by atoms with Crippen LogP contribution in [-0.4, -0.2) is 42.2 Å². The SMILES string of the molecule is CCc1nc(C(N)=O)c(Nc2cccc(CCOC(N)=O)c2)nc1N(C)CC. The van der Waals surface area contributed by atoms with Gasteiger partial charge < -0.3 is 26.4 Å². The van der Waals surface area contributed by atoms with Gasteiger partial charge in [-0.05, 0) is 31.0 Å². The van der Waals surface area contributed by atoms with Crippen LogP contribution in [0.2, 0.25) is 0 Å². The van der Waals surface area contributed by atoms with E-state index in [9.17, 15) is 9.59 Å². The predicted octanol–water partition coefficient (Wildman–Crippen LogP) is 1.98. The lowest BCUT2D eigenvalue weighted by molar-refractivity contribution is 0.0996. The molecule has 1 heterocycles. The van der Waals surface area contributed by atoms with Gasteiger partial charge in [-0.1, -0.05) is 19.1 Å². The number of carbonyl (C=O) groups is 2. The summed E-state index contributed by atoms with van der Waals surface area (Å²) in [5.74, 6) is 0.343. The molecule has 0 unspecified atom stereocenters. The number of benzene rings is 1. The molecule has 9 nitrogen and oxygen atoms in total. The van der Waals surface area contributed by atoms with Crippen LogP contribution < -0.4 is 21.7 Å². The second-order valence-electron chi connectivity index (χ2n) is 6.17. The van der Waals surface area contributed by atoms with Crippen molar-refractivity contribution in [3.8, 4) is 0 Å². The van der Waals surface area contributed by atoms with Crippen LogP contribution in [0.1, 0.15) is 35.6 Å². The maximum absolute atomic E-state index is 11.9. The van der Waals surface area contributed by atoms with Gasteiger partial charge in [0.1, 0.15) is 0 Å². The minimum absolute atomic E-state index is 0.0903. The van der Waals surface area contributed by atoms with Crippen LogP contribution in [0.25, 0.3) is 0 Å². The van der Waals surface area contributed by atoms with Gasteiger partial charge in [-0.2, -0.15) is 0 Å². The molecule has 0 atom stereocenters. The molecule has 5 N–H and O–H groups in total. The van der Waals surface area contributed by atoms with Gasteiger partial charge in [0.15, 0.2) is 17.3 Å². The van der Waals surface area contributed by atoms with E-state index in [0.717, 1.165) is 12.1 Å². The smallest absolute Gasteiger partial charge is 0.404 e. The van der Waals surface area contributed by atoms with E-state index in [1.54, 1.807) is 0 Å². The fourth-order valence-corrected chi connectivity index (χ4v) is 2.62. The highest BCUT2D eigenvalue weighted by molar-refractivity contribution is 5.96. The maximum atomic E-state index is 11.9. The van der Waals surface area contributed by atoms with E-state index in [2.05, 4.69) is 15.3 Å². The summed E-state index contributed by atoms with van der Waals surface area (Å²) in [6.07, 6.45) is 0.327. The standard InChI is InChI=1S/C19H26N6O3/c1-4-14-18(25(3)5-2)24-17(15(23-14)16(20)26)22-13-8-6-7-12(11-13)9-10-28-19(21)27/h6-8,11H,4-5,9-10H2,1-3H3,(H2,20,26)(H2,21,27)(H,22,24). The average Bonchev–Trinajstić information content (AvgIpc) is 2.66. The number of amides is 2. The van der Waals surface area contributed by atoms with Crippen molar-refractivity contribution in [2.24, 2.45) is 11.5 Å². The van der Waals surface area contributed by atoms with Crippen LogP contribution in [0.4, 0.5) is 22.1 Å². The summed E-state index contributed by atoms with van der Waals surface area (Å²) in [5.41, 5.74) is 12.9.